The quantitative estimate of drug-likeness (QED) is 0.827. The summed E-state index contributed by atoms with van der Waals surface area (Å²) in [6.45, 7) is -0.0707. The van der Waals surface area contributed by atoms with E-state index in [-0.39, 0.29) is 35.3 Å². The maximum atomic E-state index is 12.3. The summed E-state index contributed by atoms with van der Waals surface area (Å²) in [5.41, 5.74) is 0.207. The predicted octanol–water partition coefficient (Wildman–Crippen LogP) is 2.36. The van der Waals surface area contributed by atoms with Crippen LogP contribution >= 0.6 is 11.8 Å². The van der Waals surface area contributed by atoms with Gasteiger partial charge < -0.3 is 14.7 Å². The highest BCUT2D eigenvalue weighted by Crippen LogP contribution is 2.27. The predicted molar refractivity (Wildman–Crippen MR) is 74.6 cm³/mol. The van der Waals surface area contributed by atoms with Crippen LogP contribution in [0.1, 0.15) is 5.56 Å². The normalized spacial score (nSPS) is 11.1. The van der Waals surface area contributed by atoms with Gasteiger partial charge in [-0.25, -0.2) is 0 Å². The van der Waals surface area contributed by atoms with Crippen LogP contribution in [-0.2, 0) is 16.1 Å². The van der Waals surface area contributed by atoms with Crippen molar-refractivity contribution in [2.24, 2.45) is 0 Å². The number of carboxylic acid groups (broad SMARTS) is 1. The SMILES string of the molecule is CN(Cc1ccccc1OC(F)(F)F)C(=O)CSCC(=O)O. The zero-order chi connectivity index (χ0) is 16.8. The number of thioether (sulfide) groups is 1. The second-order valence-corrected chi connectivity index (χ2v) is 5.28. The van der Waals surface area contributed by atoms with Crippen LogP contribution in [0.15, 0.2) is 24.3 Å². The molecule has 0 radical (unpaired) electrons. The molecule has 1 N–H and O–H groups in total. The highest BCUT2D eigenvalue weighted by Gasteiger charge is 2.32. The first-order valence-electron chi connectivity index (χ1n) is 6.06. The standard InChI is InChI=1S/C13H14F3NO4S/c1-17(11(18)7-22-8-12(19)20)6-9-4-2-3-5-10(9)21-13(14,15)16/h2-5H,6-8H2,1H3,(H,19,20). The number of hydrogen-bond acceptors (Lipinski definition) is 4. The Morgan fingerprint density at radius 2 is 1.91 bits per heavy atom. The first-order chi connectivity index (χ1) is 10.2. The Balaban J connectivity index is 2.65. The van der Waals surface area contributed by atoms with E-state index in [1.54, 1.807) is 0 Å². The number of hydrogen-bond donors (Lipinski definition) is 1. The van der Waals surface area contributed by atoms with Crippen LogP contribution in [0.3, 0.4) is 0 Å². The Bertz CT molecular complexity index is 536. The Kier molecular flexibility index (Phi) is 6.54. The summed E-state index contributed by atoms with van der Waals surface area (Å²) in [7, 11) is 1.42. The van der Waals surface area contributed by atoms with Crippen molar-refractivity contribution in [3.8, 4) is 5.75 Å². The first-order valence-corrected chi connectivity index (χ1v) is 7.21. The zero-order valence-corrected chi connectivity index (χ0v) is 12.4. The molecule has 0 aliphatic heterocycles. The van der Waals surface area contributed by atoms with E-state index in [2.05, 4.69) is 4.74 Å². The molecule has 0 atom stereocenters. The molecule has 0 spiro atoms. The van der Waals surface area contributed by atoms with Gasteiger partial charge in [0.25, 0.3) is 0 Å². The molecular formula is C13H14F3NO4S. The summed E-state index contributed by atoms with van der Waals surface area (Å²) >= 11 is 0.921. The molecule has 0 aromatic heterocycles. The molecule has 0 fully saturated rings. The number of nitrogens with zero attached hydrogens (tertiary/aromatic N) is 1. The molecule has 0 aliphatic carbocycles. The van der Waals surface area contributed by atoms with Gasteiger partial charge >= 0.3 is 12.3 Å². The van der Waals surface area contributed by atoms with Crippen LogP contribution in [-0.4, -0.2) is 46.8 Å². The minimum atomic E-state index is -4.81. The van der Waals surface area contributed by atoms with Gasteiger partial charge in [0.15, 0.2) is 0 Å². The molecule has 1 aromatic carbocycles. The largest absolute Gasteiger partial charge is 0.573 e. The van der Waals surface area contributed by atoms with Crippen molar-refractivity contribution in [3.05, 3.63) is 29.8 Å². The number of rotatable bonds is 7. The smallest absolute Gasteiger partial charge is 0.481 e. The van der Waals surface area contributed by atoms with Gasteiger partial charge in [0.2, 0.25) is 5.91 Å². The number of aliphatic carboxylic acids is 1. The monoisotopic (exact) mass is 337 g/mol. The lowest BCUT2D eigenvalue weighted by Gasteiger charge is -2.19. The fourth-order valence-corrected chi connectivity index (χ4v) is 2.21. The number of ether oxygens (including phenoxy) is 1. The van der Waals surface area contributed by atoms with Gasteiger partial charge in [0, 0.05) is 19.2 Å². The van der Waals surface area contributed by atoms with E-state index in [1.807, 2.05) is 0 Å². The summed E-state index contributed by atoms with van der Waals surface area (Å²) in [5.74, 6) is -2.07. The first kappa shape index (κ1) is 18.1. The van der Waals surface area contributed by atoms with Gasteiger partial charge in [-0.2, -0.15) is 0 Å². The maximum Gasteiger partial charge on any atom is 0.573 e. The van der Waals surface area contributed by atoms with Crippen LogP contribution in [0, 0.1) is 0 Å². The van der Waals surface area contributed by atoms with Crippen LogP contribution in [0.5, 0.6) is 5.75 Å². The fourth-order valence-electron chi connectivity index (χ4n) is 1.54. The van der Waals surface area contributed by atoms with Crippen molar-refractivity contribution in [1.82, 2.24) is 4.90 Å². The van der Waals surface area contributed by atoms with E-state index in [4.69, 9.17) is 5.11 Å². The number of amides is 1. The van der Waals surface area contributed by atoms with Crippen LogP contribution in [0.2, 0.25) is 0 Å². The number of carboxylic acids is 1. The highest BCUT2D eigenvalue weighted by molar-refractivity contribution is 8.00. The molecule has 0 bridgehead atoms. The van der Waals surface area contributed by atoms with Gasteiger partial charge in [-0.15, -0.1) is 24.9 Å². The number of benzene rings is 1. The number of carbonyl (C=O) groups is 2. The average Bonchev–Trinajstić information content (AvgIpc) is 2.38. The molecule has 122 valence electrons. The topological polar surface area (TPSA) is 66.8 Å². The third-order valence-corrected chi connectivity index (χ3v) is 3.38. The maximum absolute atomic E-state index is 12.3. The second-order valence-electron chi connectivity index (χ2n) is 4.29. The van der Waals surface area contributed by atoms with Crippen molar-refractivity contribution < 1.29 is 32.6 Å². The molecular weight excluding hydrogens is 323 g/mol. The van der Waals surface area contributed by atoms with Crippen LogP contribution < -0.4 is 4.74 Å². The van der Waals surface area contributed by atoms with Gasteiger partial charge in [0.1, 0.15) is 5.75 Å². The van der Waals surface area contributed by atoms with Gasteiger partial charge in [-0.1, -0.05) is 18.2 Å². The summed E-state index contributed by atoms with van der Waals surface area (Å²) in [4.78, 5) is 23.3. The Morgan fingerprint density at radius 1 is 1.27 bits per heavy atom. The van der Waals surface area contributed by atoms with Crippen molar-refractivity contribution in [2.75, 3.05) is 18.6 Å². The lowest BCUT2D eigenvalue weighted by molar-refractivity contribution is -0.275. The zero-order valence-electron chi connectivity index (χ0n) is 11.6. The molecule has 22 heavy (non-hydrogen) atoms. The molecule has 1 rings (SSSR count). The van der Waals surface area contributed by atoms with Crippen molar-refractivity contribution in [3.63, 3.8) is 0 Å². The lowest BCUT2D eigenvalue weighted by Crippen LogP contribution is -2.29. The van der Waals surface area contributed by atoms with Crippen LogP contribution in [0.25, 0.3) is 0 Å². The highest BCUT2D eigenvalue weighted by atomic mass is 32.2. The molecule has 0 saturated heterocycles. The third kappa shape index (κ3) is 6.70. The van der Waals surface area contributed by atoms with E-state index in [0.717, 1.165) is 11.8 Å². The summed E-state index contributed by atoms with van der Waals surface area (Å²) in [6.07, 6.45) is -4.81. The van der Waals surface area contributed by atoms with Crippen molar-refractivity contribution in [1.29, 1.82) is 0 Å². The number of alkyl halides is 3. The number of carbonyl (C=O) groups excluding carboxylic acids is 1. The average molecular weight is 337 g/mol. The molecule has 1 aromatic rings. The third-order valence-electron chi connectivity index (χ3n) is 2.48. The second kappa shape index (κ2) is 7.92. The van der Waals surface area contributed by atoms with E-state index < -0.39 is 12.3 Å². The minimum Gasteiger partial charge on any atom is -0.481 e. The van der Waals surface area contributed by atoms with Gasteiger partial charge in [0.05, 0.1) is 11.5 Å². The molecule has 9 heteroatoms. The minimum absolute atomic E-state index is 0.0644. The van der Waals surface area contributed by atoms with E-state index >= 15 is 0 Å². The molecule has 0 saturated carbocycles. The Hall–Kier alpha value is -1.90. The van der Waals surface area contributed by atoms with Gasteiger partial charge in [-0.3, -0.25) is 9.59 Å². The van der Waals surface area contributed by atoms with Gasteiger partial charge in [-0.05, 0) is 6.07 Å². The fraction of sp³-hybridized carbons (Fsp3) is 0.385. The Labute approximate surface area is 129 Å². The van der Waals surface area contributed by atoms with Crippen LogP contribution in [0.4, 0.5) is 13.2 Å². The van der Waals surface area contributed by atoms with E-state index in [9.17, 15) is 22.8 Å². The lowest BCUT2D eigenvalue weighted by atomic mass is 10.2. The number of para-hydroxylation sites is 1. The summed E-state index contributed by atoms with van der Waals surface area (Å²) in [6, 6.07) is 5.53. The van der Waals surface area contributed by atoms with E-state index in [0.29, 0.717) is 0 Å². The number of halogens is 3. The summed E-state index contributed by atoms with van der Waals surface area (Å²) < 4.78 is 40.8. The molecule has 0 aliphatic rings. The van der Waals surface area contributed by atoms with Crippen molar-refractivity contribution >= 4 is 23.6 Å². The van der Waals surface area contributed by atoms with Crippen molar-refractivity contribution in [2.45, 2.75) is 12.9 Å². The molecule has 0 heterocycles. The Morgan fingerprint density at radius 3 is 2.50 bits per heavy atom. The molecule has 0 unspecified atom stereocenters. The van der Waals surface area contributed by atoms with E-state index in [1.165, 1.54) is 36.2 Å². The molecule has 1 amide bonds. The molecule has 5 nitrogen and oxygen atoms in total. The summed E-state index contributed by atoms with van der Waals surface area (Å²) in [5, 5.41) is 8.48.